The third-order valence-electron chi connectivity index (χ3n) is 2.87. The van der Waals surface area contributed by atoms with Gasteiger partial charge in [0.25, 0.3) is 0 Å². The van der Waals surface area contributed by atoms with Crippen molar-refractivity contribution in [2.75, 3.05) is 0 Å². The first-order valence-electron chi connectivity index (χ1n) is 6.14. The molecule has 0 aliphatic rings. The average Bonchev–Trinajstić information content (AvgIpc) is 2.49. The number of rotatable bonds is 3. The minimum Gasteiger partial charge on any atom is -0.434 e. The largest absolute Gasteiger partial charge is 0.434 e. The predicted molar refractivity (Wildman–Crippen MR) is 73.9 cm³/mol. The molecule has 2 aromatic carbocycles. The fraction of sp³-hybridized carbons (Fsp3) is 0.0667. The van der Waals surface area contributed by atoms with Crippen LogP contribution < -0.4 is 10.5 Å². The Morgan fingerprint density at radius 1 is 1.10 bits per heavy atom. The lowest BCUT2D eigenvalue weighted by molar-refractivity contribution is 0.427. The second-order valence-electron chi connectivity index (χ2n) is 4.27. The average molecular weight is 269 g/mol. The van der Waals surface area contributed by atoms with Gasteiger partial charge in [-0.1, -0.05) is 18.2 Å². The number of hydrogen-bond acceptors (Lipinski definition) is 4. The number of fused-ring (bicyclic) bond motifs is 1. The number of ether oxygens (including phenoxy) is 1. The summed E-state index contributed by atoms with van der Waals surface area (Å²) in [4.78, 5) is 8.49. The van der Waals surface area contributed by atoms with Crippen LogP contribution in [0.2, 0.25) is 0 Å². The summed E-state index contributed by atoms with van der Waals surface area (Å²) >= 11 is 0. The lowest BCUT2D eigenvalue weighted by Gasteiger charge is -2.07. The molecule has 0 saturated carbocycles. The van der Waals surface area contributed by atoms with E-state index in [4.69, 9.17) is 10.5 Å². The van der Waals surface area contributed by atoms with Crippen LogP contribution in [0.5, 0.6) is 11.6 Å². The van der Waals surface area contributed by atoms with Crippen LogP contribution in [0.25, 0.3) is 11.0 Å². The molecular formula is C15H12FN3O. The number of aromatic nitrogens is 2. The summed E-state index contributed by atoms with van der Waals surface area (Å²) in [5.41, 5.74) is 7.62. The van der Waals surface area contributed by atoms with Crippen molar-refractivity contribution >= 4 is 11.0 Å². The van der Waals surface area contributed by atoms with Gasteiger partial charge in [-0.05, 0) is 29.8 Å². The Kier molecular flexibility index (Phi) is 3.26. The van der Waals surface area contributed by atoms with Crippen LogP contribution in [0, 0.1) is 5.82 Å². The summed E-state index contributed by atoms with van der Waals surface area (Å²) < 4.78 is 19.2. The van der Waals surface area contributed by atoms with Crippen LogP contribution in [0.3, 0.4) is 0 Å². The fourth-order valence-electron chi connectivity index (χ4n) is 1.86. The van der Waals surface area contributed by atoms with Gasteiger partial charge >= 0.3 is 0 Å². The molecule has 0 unspecified atom stereocenters. The van der Waals surface area contributed by atoms with E-state index in [2.05, 4.69) is 9.97 Å². The molecule has 20 heavy (non-hydrogen) atoms. The number of para-hydroxylation sites is 2. The molecular weight excluding hydrogens is 257 g/mol. The molecule has 0 radical (unpaired) electrons. The predicted octanol–water partition coefficient (Wildman–Crippen LogP) is 3.02. The van der Waals surface area contributed by atoms with E-state index in [1.165, 1.54) is 18.3 Å². The third-order valence-corrected chi connectivity index (χ3v) is 2.87. The van der Waals surface area contributed by atoms with E-state index in [0.717, 1.165) is 5.52 Å². The molecule has 100 valence electrons. The zero-order valence-corrected chi connectivity index (χ0v) is 10.6. The monoisotopic (exact) mass is 269 g/mol. The second kappa shape index (κ2) is 5.22. The summed E-state index contributed by atoms with van der Waals surface area (Å²) in [5.74, 6) is -0.113. The number of halogens is 1. The van der Waals surface area contributed by atoms with Crippen molar-refractivity contribution in [1.82, 2.24) is 9.97 Å². The van der Waals surface area contributed by atoms with E-state index in [1.807, 2.05) is 24.3 Å². The molecule has 0 saturated heterocycles. The minimum absolute atomic E-state index is 0.104. The Hall–Kier alpha value is -2.53. The number of hydrogen-bond donors (Lipinski definition) is 1. The first-order chi connectivity index (χ1) is 9.76. The highest BCUT2D eigenvalue weighted by Crippen LogP contribution is 2.24. The van der Waals surface area contributed by atoms with Crippen LogP contribution in [-0.2, 0) is 6.54 Å². The summed E-state index contributed by atoms with van der Waals surface area (Å²) in [7, 11) is 0. The summed E-state index contributed by atoms with van der Waals surface area (Å²) in [5, 5.41) is 0. The van der Waals surface area contributed by atoms with Gasteiger partial charge in [-0.3, -0.25) is 0 Å². The minimum atomic E-state index is -0.470. The summed E-state index contributed by atoms with van der Waals surface area (Å²) in [6.07, 6.45) is 1.47. The molecule has 3 aromatic rings. The Morgan fingerprint density at radius 3 is 2.65 bits per heavy atom. The van der Waals surface area contributed by atoms with Gasteiger partial charge in [-0.25, -0.2) is 14.4 Å². The Bertz CT molecular complexity index is 761. The second-order valence-corrected chi connectivity index (χ2v) is 4.27. The van der Waals surface area contributed by atoms with Gasteiger partial charge in [-0.2, -0.15) is 0 Å². The zero-order valence-electron chi connectivity index (χ0n) is 10.6. The maximum Gasteiger partial charge on any atom is 0.238 e. The molecule has 2 N–H and O–H groups in total. The molecule has 4 nitrogen and oxygen atoms in total. The molecule has 0 spiro atoms. The van der Waals surface area contributed by atoms with Crippen LogP contribution in [0.1, 0.15) is 5.56 Å². The summed E-state index contributed by atoms with van der Waals surface area (Å²) in [6.45, 7) is 0.285. The SMILES string of the molecule is NCc1ccc(Oc2cnc3ccccc3n2)c(F)c1. The number of benzene rings is 2. The number of nitrogens with two attached hydrogens (primary N) is 1. The van der Waals surface area contributed by atoms with Crippen molar-refractivity contribution in [2.24, 2.45) is 5.73 Å². The van der Waals surface area contributed by atoms with Gasteiger partial charge in [0.1, 0.15) is 0 Å². The highest BCUT2D eigenvalue weighted by molar-refractivity contribution is 5.74. The first-order valence-corrected chi connectivity index (χ1v) is 6.14. The van der Waals surface area contributed by atoms with Gasteiger partial charge in [0.2, 0.25) is 5.88 Å². The Balaban J connectivity index is 1.92. The maximum absolute atomic E-state index is 13.8. The molecule has 0 fully saturated rings. The van der Waals surface area contributed by atoms with Crippen LogP contribution in [0.4, 0.5) is 4.39 Å². The lowest BCUT2D eigenvalue weighted by Crippen LogP contribution is -1.98. The molecule has 1 heterocycles. The van der Waals surface area contributed by atoms with Crippen molar-refractivity contribution in [3.05, 3.63) is 60.0 Å². The quantitative estimate of drug-likeness (QED) is 0.794. The van der Waals surface area contributed by atoms with Gasteiger partial charge in [-0.15, -0.1) is 0 Å². The number of nitrogens with zero attached hydrogens (tertiary/aromatic N) is 2. The Morgan fingerprint density at radius 2 is 1.90 bits per heavy atom. The van der Waals surface area contributed by atoms with Gasteiger partial charge in [0.05, 0.1) is 17.2 Å². The van der Waals surface area contributed by atoms with Gasteiger partial charge in [0, 0.05) is 6.54 Å². The maximum atomic E-state index is 13.8. The molecule has 1 aromatic heterocycles. The normalized spacial score (nSPS) is 10.7. The van der Waals surface area contributed by atoms with Crippen LogP contribution in [0.15, 0.2) is 48.7 Å². The van der Waals surface area contributed by atoms with Crippen LogP contribution in [-0.4, -0.2) is 9.97 Å². The topological polar surface area (TPSA) is 61.0 Å². The molecule has 3 rings (SSSR count). The molecule has 0 bridgehead atoms. The lowest BCUT2D eigenvalue weighted by atomic mass is 10.2. The van der Waals surface area contributed by atoms with E-state index in [1.54, 1.807) is 6.07 Å². The highest BCUT2D eigenvalue weighted by atomic mass is 19.1. The molecule has 0 aliphatic heterocycles. The van der Waals surface area contributed by atoms with Gasteiger partial charge < -0.3 is 10.5 Å². The van der Waals surface area contributed by atoms with Crippen LogP contribution >= 0.6 is 0 Å². The van der Waals surface area contributed by atoms with E-state index in [9.17, 15) is 4.39 Å². The van der Waals surface area contributed by atoms with Crippen molar-refractivity contribution in [3.63, 3.8) is 0 Å². The summed E-state index contributed by atoms with van der Waals surface area (Å²) in [6, 6.07) is 12.0. The first kappa shape index (κ1) is 12.5. The molecule has 0 aliphatic carbocycles. The van der Waals surface area contributed by atoms with Crippen molar-refractivity contribution < 1.29 is 9.13 Å². The fourth-order valence-corrected chi connectivity index (χ4v) is 1.86. The van der Waals surface area contributed by atoms with E-state index in [0.29, 0.717) is 11.1 Å². The van der Waals surface area contributed by atoms with Crippen molar-refractivity contribution in [3.8, 4) is 11.6 Å². The van der Waals surface area contributed by atoms with E-state index in [-0.39, 0.29) is 18.2 Å². The molecule has 5 heteroatoms. The van der Waals surface area contributed by atoms with Crippen molar-refractivity contribution in [1.29, 1.82) is 0 Å². The standard InChI is InChI=1S/C15H12FN3O/c16-11-7-10(8-17)5-6-14(11)20-15-9-18-12-3-1-2-4-13(12)19-15/h1-7,9H,8,17H2. The Labute approximate surface area is 115 Å². The zero-order chi connectivity index (χ0) is 13.9. The molecule has 0 atom stereocenters. The highest BCUT2D eigenvalue weighted by Gasteiger charge is 2.07. The van der Waals surface area contributed by atoms with Crippen molar-refractivity contribution in [2.45, 2.75) is 6.54 Å². The van der Waals surface area contributed by atoms with Gasteiger partial charge in [0.15, 0.2) is 11.6 Å². The smallest absolute Gasteiger partial charge is 0.238 e. The van der Waals surface area contributed by atoms with E-state index >= 15 is 0 Å². The molecule has 0 amide bonds. The van der Waals surface area contributed by atoms with E-state index < -0.39 is 5.82 Å². The third kappa shape index (κ3) is 2.44.